The lowest BCUT2D eigenvalue weighted by atomic mass is 9.87. The van der Waals surface area contributed by atoms with Crippen LogP contribution in [0.2, 0.25) is 0 Å². The average molecular weight is 654 g/mol. The number of rotatable bonds is 13. The number of amides is 3. The maximum atomic E-state index is 14.6. The molecule has 252 valence electrons. The number of hydrogen-bond acceptors (Lipinski definition) is 7. The highest BCUT2D eigenvalue weighted by Crippen LogP contribution is 2.34. The quantitative estimate of drug-likeness (QED) is 0.250. The van der Waals surface area contributed by atoms with Crippen LogP contribution in [0.15, 0.2) is 54.6 Å². The summed E-state index contributed by atoms with van der Waals surface area (Å²) in [6.07, 6.45) is 4.19. The third-order valence-electron chi connectivity index (χ3n) is 7.50. The molecule has 0 heterocycles. The van der Waals surface area contributed by atoms with Crippen LogP contribution < -0.4 is 10.6 Å². The van der Waals surface area contributed by atoms with Crippen molar-refractivity contribution in [2.45, 2.75) is 116 Å². The van der Waals surface area contributed by atoms with Crippen LogP contribution in [0.1, 0.15) is 90.0 Å². The Morgan fingerprint density at radius 2 is 1.54 bits per heavy atom. The van der Waals surface area contributed by atoms with Gasteiger partial charge in [-0.25, -0.2) is 9.59 Å². The molecule has 2 aromatic carbocycles. The van der Waals surface area contributed by atoms with Crippen LogP contribution in [-0.4, -0.2) is 70.1 Å². The summed E-state index contributed by atoms with van der Waals surface area (Å²) in [4.78, 5) is 57.1. The highest BCUT2D eigenvalue weighted by atomic mass is 32.2. The monoisotopic (exact) mass is 653 g/mol. The van der Waals surface area contributed by atoms with Crippen molar-refractivity contribution < 1.29 is 28.7 Å². The van der Waals surface area contributed by atoms with E-state index in [0.717, 1.165) is 30.4 Å². The predicted molar refractivity (Wildman–Crippen MR) is 182 cm³/mol. The summed E-state index contributed by atoms with van der Waals surface area (Å²) in [5, 5.41) is 5.77. The van der Waals surface area contributed by atoms with E-state index < -0.39 is 47.3 Å². The van der Waals surface area contributed by atoms with Crippen LogP contribution in [0.3, 0.4) is 0 Å². The van der Waals surface area contributed by atoms with E-state index in [1.807, 2.05) is 67.8 Å². The molecule has 9 nitrogen and oxygen atoms in total. The first kappa shape index (κ1) is 36.9. The zero-order valence-electron chi connectivity index (χ0n) is 28.6. The second kappa shape index (κ2) is 16.3. The Bertz CT molecular complexity index is 1330. The SMILES string of the molecule is CSCCC(NC(=O)OC(C)(C)C)C(=O)N(C1CCC1)C(C(=O)NC(Cc1ccccc1)C(=O)OC(C)(C)C)c1cccc(C)c1. The number of nitrogens with zero attached hydrogens (tertiary/aromatic N) is 1. The number of esters is 1. The number of benzene rings is 2. The molecule has 10 heteroatoms. The van der Waals surface area contributed by atoms with E-state index in [0.29, 0.717) is 17.7 Å². The molecule has 1 aliphatic carbocycles. The molecule has 3 unspecified atom stereocenters. The fourth-order valence-corrected chi connectivity index (χ4v) is 5.72. The molecular formula is C36H51N3O6S. The van der Waals surface area contributed by atoms with Crippen molar-refractivity contribution in [3.05, 3.63) is 71.3 Å². The number of hydrogen-bond donors (Lipinski definition) is 2. The molecule has 1 aliphatic rings. The van der Waals surface area contributed by atoms with Gasteiger partial charge >= 0.3 is 12.1 Å². The Morgan fingerprint density at radius 3 is 2.09 bits per heavy atom. The van der Waals surface area contributed by atoms with Gasteiger partial charge in [-0.1, -0.05) is 60.2 Å². The average Bonchev–Trinajstić information content (AvgIpc) is 2.92. The zero-order chi connectivity index (χ0) is 34.1. The van der Waals surface area contributed by atoms with Crippen molar-refractivity contribution in [2.24, 2.45) is 0 Å². The molecular weight excluding hydrogens is 602 g/mol. The van der Waals surface area contributed by atoms with Gasteiger partial charge in [0.05, 0.1) is 0 Å². The summed E-state index contributed by atoms with van der Waals surface area (Å²) in [5.74, 6) is -0.788. The van der Waals surface area contributed by atoms with Gasteiger partial charge in [-0.2, -0.15) is 11.8 Å². The number of ether oxygens (including phenoxy) is 2. The molecule has 2 N–H and O–H groups in total. The number of nitrogens with one attached hydrogen (secondary N) is 2. The van der Waals surface area contributed by atoms with E-state index in [-0.39, 0.29) is 18.4 Å². The summed E-state index contributed by atoms with van der Waals surface area (Å²) < 4.78 is 11.2. The van der Waals surface area contributed by atoms with E-state index in [4.69, 9.17) is 9.47 Å². The number of thioether (sulfide) groups is 1. The zero-order valence-corrected chi connectivity index (χ0v) is 29.4. The molecule has 0 saturated heterocycles. The van der Waals surface area contributed by atoms with Crippen molar-refractivity contribution in [2.75, 3.05) is 12.0 Å². The second-order valence-electron chi connectivity index (χ2n) is 13.9. The maximum absolute atomic E-state index is 14.6. The molecule has 1 fully saturated rings. The van der Waals surface area contributed by atoms with E-state index in [2.05, 4.69) is 10.6 Å². The first-order chi connectivity index (χ1) is 21.6. The minimum absolute atomic E-state index is 0.213. The van der Waals surface area contributed by atoms with Crippen molar-refractivity contribution in [3.63, 3.8) is 0 Å². The van der Waals surface area contributed by atoms with Gasteiger partial charge in [0, 0.05) is 12.5 Å². The molecule has 3 rings (SSSR count). The molecule has 1 saturated carbocycles. The molecule has 0 aliphatic heterocycles. The van der Waals surface area contributed by atoms with Crippen LogP contribution >= 0.6 is 11.8 Å². The summed E-state index contributed by atoms with van der Waals surface area (Å²) in [6, 6.07) is 13.8. The number of aryl methyl sites for hydroxylation is 1. The fraction of sp³-hybridized carbons (Fsp3) is 0.556. The predicted octanol–water partition coefficient (Wildman–Crippen LogP) is 6.13. The minimum atomic E-state index is -1.05. The van der Waals surface area contributed by atoms with E-state index in [1.54, 1.807) is 58.2 Å². The first-order valence-corrected chi connectivity index (χ1v) is 17.4. The van der Waals surface area contributed by atoms with Crippen LogP contribution in [-0.2, 0) is 30.3 Å². The fourth-order valence-electron chi connectivity index (χ4n) is 5.25. The largest absolute Gasteiger partial charge is 0.458 e. The molecule has 0 bridgehead atoms. The Morgan fingerprint density at radius 1 is 0.891 bits per heavy atom. The Kier molecular flexibility index (Phi) is 13.1. The van der Waals surface area contributed by atoms with Gasteiger partial charge in [0.2, 0.25) is 11.8 Å². The van der Waals surface area contributed by atoms with Gasteiger partial charge in [-0.3, -0.25) is 9.59 Å². The minimum Gasteiger partial charge on any atom is -0.458 e. The van der Waals surface area contributed by atoms with E-state index in [9.17, 15) is 19.2 Å². The smallest absolute Gasteiger partial charge is 0.408 e. The third-order valence-corrected chi connectivity index (χ3v) is 8.14. The lowest BCUT2D eigenvalue weighted by Gasteiger charge is -2.44. The van der Waals surface area contributed by atoms with Crippen molar-refractivity contribution >= 4 is 35.6 Å². The highest BCUT2D eigenvalue weighted by Gasteiger charge is 2.43. The van der Waals surface area contributed by atoms with Gasteiger partial charge in [-0.05, 0) is 97.3 Å². The number of alkyl carbamates (subject to hydrolysis) is 1. The van der Waals surface area contributed by atoms with Crippen LogP contribution in [0.25, 0.3) is 0 Å². The van der Waals surface area contributed by atoms with E-state index >= 15 is 0 Å². The Labute approximate surface area is 278 Å². The first-order valence-electron chi connectivity index (χ1n) is 16.0. The summed E-state index contributed by atoms with van der Waals surface area (Å²) in [7, 11) is 0. The second-order valence-corrected chi connectivity index (χ2v) is 14.9. The van der Waals surface area contributed by atoms with E-state index in [1.165, 1.54) is 0 Å². The topological polar surface area (TPSA) is 114 Å². The van der Waals surface area contributed by atoms with Crippen molar-refractivity contribution in [3.8, 4) is 0 Å². The van der Waals surface area contributed by atoms with Crippen LogP contribution in [0, 0.1) is 6.92 Å². The molecule has 0 aromatic heterocycles. The summed E-state index contributed by atoms with van der Waals surface area (Å²) in [5.41, 5.74) is 0.899. The van der Waals surface area contributed by atoms with Gasteiger partial charge in [-0.15, -0.1) is 0 Å². The third kappa shape index (κ3) is 11.4. The highest BCUT2D eigenvalue weighted by molar-refractivity contribution is 7.98. The van der Waals surface area contributed by atoms with Crippen molar-refractivity contribution in [1.82, 2.24) is 15.5 Å². The maximum Gasteiger partial charge on any atom is 0.408 e. The molecule has 3 amide bonds. The Hall–Kier alpha value is -3.53. The van der Waals surface area contributed by atoms with Crippen LogP contribution in [0.5, 0.6) is 0 Å². The number of carbonyl (C=O) groups excluding carboxylic acids is 4. The summed E-state index contributed by atoms with van der Waals surface area (Å²) >= 11 is 1.56. The van der Waals surface area contributed by atoms with Crippen LogP contribution in [0.4, 0.5) is 4.79 Å². The molecule has 46 heavy (non-hydrogen) atoms. The van der Waals surface area contributed by atoms with Gasteiger partial charge in [0.1, 0.15) is 29.3 Å². The summed E-state index contributed by atoms with van der Waals surface area (Å²) in [6.45, 7) is 12.6. The van der Waals surface area contributed by atoms with Gasteiger partial charge in [0.15, 0.2) is 0 Å². The molecule has 3 atom stereocenters. The van der Waals surface area contributed by atoms with Gasteiger partial charge < -0.3 is 25.0 Å². The van der Waals surface area contributed by atoms with Gasteiger partial charge in [0.25, 0.3) is 0 Å². The lowest BCUT2D eigenvalue weighted by Crippen LogP contribution is -2.58. The molecule has 0 radical (unpaired) electrons. The standard InChI is InChI=1S/C36H51N3O6S/c1-24-14-12-17-26(22-24)30(31(40)37-29(33(42)44-35(2,3)4)23-25-15-10-9-11-16-25)39(27-18-13-19-27)32(41)28(20-21-46-8)38-34(43)45-36(5,6)7/h9-12,14-17,22,27-30H,13,18-21,23H2,1-8H3,(H,37,40)(H,38,43). The molecule has 2 aromatic rings. The normalized spacial score (nSPS) is 15.5. The lowest BCUT2D eigenvalue weighted by molar-refractivity contribution is -0.159. The van der Waals surface area contributed by atoms with Crippen molar-refractivity contribution in [1.29, 1.82) is 0 Å². The number of carbonyl (C=O) groups is 4. The Balaban J connectivity index is 2.05. The molecule has 0 spiro atoms.